The Balaban J connectivity index is 1.90. The minimum Gasteiger partial charge on any atom is -0.466 e. The number of aryl methyl sites for hydroxylation is 2. The number of rotatable bonds is 0. The molecule has 6 rings (SSSR count). The monoisotopic (exact) mass is 334 g/mol. The van der Waals surface area contributed by atoms with E-state index in [0.717, 1.165) is 11.5 Å². The first-order valence-electron chi connectivity index (χ1n) is 9.14. The van der Waals surface area contributed by atoms with E-state index in [-0.39, 0.29) is 5.41 Å². The molecule has 0 aliphatic heterocycles. The van der Waals surface area contributed by atoms with E-state index in [4.69, 9.17) is 4.42 Å². The summed E-state index contributed by atoms with van der Waals surface area (Å²) >= 11 is 0. The van der Waals surface area contributed by atoms with E-state index in [1.165, 1.54) is 44.5 Å². The van der Waals surface area contributed by atoms with Gasteiger partial charge in [-0.3, -0.25) is 0 Å². The summed E-state index contributed by atoms with van der Waals surface area (Å²) in [5, 5.41) is 0. The molecule has 0 saturated heterocycles. The molecule has 124 valence electrons. The molecule has 0 unspecified atom stereocenters. The van der Waals surface area contributed by atoms with Gasteiger partial charge in [-0.2, -0.15) is 0 Å². The van der Waals surface area contributed by atoms with Gasteiger partial charge in [0.15, 0.2) is 0 Å². The Morgan fingerprint density at radius 2 is 1.04 bits per heavy atom. The molecule has 1 aromatic heterocycles. The maximum atomic E-state index is 6.16. The number of fused-ring (bicyclic) bond motifs is 10. The molecule has 0 bridgehead atoms. The summed E-state index contributed by atoms with van der Waals surface area (Å²) in [4.78, 5) is 0. The third-order valence-electron chi connectivity index (χ3n) is 6.19. The highest BCUT2D eigenvalue weighted by molar-refractivity contribution is 5.95. The van der Waals surface area contributed by atoms with Crippen molar-refractivity contribution in [1.82, 2.24) is 0 Å². The van der Waals surface area contributed by atoms with Gasteiger partial charge in [-0.1, -0.05) is 72.8 Å². The molecule has 0 N–H and O–H groups in total. The molecule has 0 amide bonds. The second-order valence-electron chi connectivity index (χ2n) is 7.35. The van der Waals surface area contributed by atoms with Crippen LogP contribution >= 0.6 is 0 Å². The average Bonchev–Trinajstić information content (AvgIpc) is 3.26. The summed E-state index contributed by atoms with van der Waals surface area (Å²) in [6.07, 6.45) is 0. The fraction of sp³-hybridized carbons (Fsp3) is 0.120. The predicted molar refractivity (Wildman–Crippen MR) is 104 cm³/mol. The summed E-state index contributed by atoms with van der Waals surface area (Å²) in [6, 6.07) is 26.6. The van der Waals surface area contributed by atoms with Crippen LogP contribution in [-0.4, -0.2) is 0 Å². The highest BCUT2D eigenvalue weighted by Crippen LogP contribution is 2.64. The molecule has 1 spiro atoms. The van der Waals surface area contributed by atoms with E-state index in [1.807, 2.05) is 0 Å². The number of hydrogen-bond donors (Lipinski definition) is 0. The van der Waals surface area contributed by atoms with E-state index in [1.54, 1.807) is 0 Å². The molecule has 0 atom stereocenters. The highest BCUT2D eigenvalue weighted by atomic mass is 16.3. The molecule has 1 heteroatoms. The maximum Gasteiger partial charge on any atom is 0.109 e. The van der Waals surface area contributed by atoms with Crippen LogP contribution in [0.25, 0.3) is 22.3 Å². The summed E-state index contributed by atoms with van der Waals surface area (Å²) in [5.74, 6) is 2.05. The lowest BCUT2D eigenvalue weighted by molar-refractivity contribution is 0.496. The van der Waals surface area contributed by atoms with Crippen LogP contribution in [0.5, 0.6) is 0 Å². The summed E-state index contributed by atoms with van der Waals surface area (Å²) in [6.45, 7) is 4.21. The van der Waals surface area contributed by atoms with Gasteiger partial charge in [-0.25, -0.2) is 0 Å². The Hall–Kier alpha value is -3.06. The molecule has 1 heterocycles. The van der Waals surface area contributed by atoms with Crippen molar-refractivity contribution < 1.29 is 4.42 Å². The van der Waals surface area contributed by atoms with Crippen molar-refractivity contribution in [3.05, 3.63) is 107 Å². The third kappa shape index (κ3) is 1.37. The second kappa shape index (κ2) is 4.56. The molecule has 0 fully saturated rings. The predicted octanol–water partition coefficient (Wildman–Crippen LogP) is 6.24. The third-order valence-corrected chi connectivity index (χ3v) is 6.19. The van der Waals surface area contributed by atoms with Gasteiger partial charge in [0, 0.05) is 11.1 Å². The Kier molecular flexibility index (Phi) is 2.48. The van der Waals surface area contributed by atoms with Crippen molar-refractivity contribution in [2.24, 2.45) is 0 Å². The molecular weight excluding hydrogens is 316 g/mol. The van der Waals surface area contributed by atoms with Crippen molar-refractivity contribution in [2.45, 2.75) is 19.3 Å². The van der Waals surface area contributed by atoms with Gasteiger partial charge in [0.25, 0.3) is 0 Å². The normalized spacial score (nSPS) is 14.8. The number of hydrogen-bond acceptors (Lipinski definition) is 1. The van der Waals surface area contributed by atoms with Crippen LogP contribution in [-0.2, 0) is 5.41 Å². The van der Waals surface area contributed by atoms with Gasteiger partial charge in [0.1, 0.15) is 11.5 Å². The van der Waals surface area contributed by atoms with Crippen LogP contribution in [0.3, 0.4) is 0 Å². The first-order valence-corrected chi connectivity index (χ1v) is 9.14. The molecular formula is C25H18O. The van der Waals surface area contributed by atoms with Gasteiger partial charge < -0.3 is 4.42 Å². The lowest BCUT2D eigenvalue weighted by Gasteiger charge is -2.30. The molecule has 2 aliphatic rings. The SMILES string of the molecule is Cc1oc(C)c2c1-c1ccccc1C21c2ccccc2-c2ccccc21. The maximum absolute atomic E-state index is 6.16. The molecule has 2 aliphatic carbocycles. The number of benzene rings is 3. The molecule has 4 aromatic rings. The number of furan rings is 1. The fourth-order valence-electron chi connectivity index (χ4n) is 5.42. The van der Waals surface area contributed by atoms with Crippen LogP contribution in [0, 0.1) is 13.8 Å². The van der Waals surface area contributed by atoms with Crippen molar-refractivity contribution in [3.8, 4) is 22.3 Å². The van der Waals surface area contributed by atoms with Gasteiger partial charge in [0.05, 0.1) is 5.41 Å². The van der Waals surface area contributed by atoms with Gasteiger partial charge in [-0.15, -0.1) is 0 Å². The van der Waals surface area contributed by atoms with E-state index in [0.29, 0.717) is 0 Å². The molecule has 0 radical (unpaired) electrons. The standard InChI is InChI=1S/C25H18O/c1-15-23-19-11-5-8-14-22(19)25(24(23)16(2)26-15)20-12-6-3-9-17(20)18-10-4-7-13-21(18)25/h3-14H,1-2H3. The lowest BCUT2D eigenvalue weighted by Crippen LogP contribution is -2.26. The smallest absolute Gasteiger partial charge is 0.109 e. The zero-order valence-electron chi connectivity index (χ0n) is 14.8. The molecule has 26 heavy (non-hydrogen) atoms. The van der Waals surface area contributed by atoms with Crippen molar-refractivity contribution >= 4 is 0 Å². The zero-order chi connectivity index (χ0) is 17.5. The second-order valence-corrected chi connectivity index (χ2v) is 7.35. The van der Waals surface area contributed by atoms with Crippen LogP contribution in [0.15, 0.2) is 77.2 Å². The summed E-state index contributed by atoms with van der Waals surface area (Å²) < 4.78 is 6.16. The van der Waals surface area contributed by atoms with Crippen molar-refractivity contribution in [2.75, 3.05) is 0 Å². The summed E-state index contributed by atoms with van der Waals surface area (Å²) in [7, 11) is 0. The van der Waals surface area contributed by atoms with Gasteiger partial charge in [-0.05, 0) is 47.2 Å². The molecule has 3 aromatic carbocycles. The zero-order valence-corrected chi connectivity index (χ0v) is 14.8. The highest BCUT2D eigenvalue weighted by Gasteiger charge is 2.53. The molecule has 0 saturated carbocycles. The first kappa shape index (κ1) is 14.1. The van der Waals surface area contributed by atoms with E-state index < -0.39 is 0 Å². The van der Waals surface area contributed by atoms with Crippen LogP contribution < -0.4 is 0 Å². The van der Waals surface area contributed by atoms with Gasteiger partial charge in [0.2, 0.25) is 0 Å². The first-order chi connectivity index (χ1) is 12.7. The van der Waals surface area contributed by atoms with Crippen molar-refractivity contribution in [1.29, 1.82) is 0 Å². The van der Waals surface area contributed by atoms with Crippen LogP contribution in [0.4, 0.5) is 0 Å². The van der Waals surface area contributed by atoms with Crippen molar-refractivity contribution in [3.63, 3.8) is 0 Å². The molecule has 1 nitrogen and oxygen atoms in total. The Morgan fingerprint density at radius 1 is 0.577 bits per heavy atom. The fourth-order valence-corrected chi connectivity index (χ4v) is 5.42. The van der Waals surface area contributed by atoms with Gasteiger partial charge >= 0.3 is 0 Å². The van der Waals surface area contributed by atoms with E-state index in [9.17, 15) is 0 Å². The minimum absolute atomic E-state index is 0.263. The quantitative estimate of drug-likeness (QED) is 0.320. The Morgan fingerprint density at radius 3 is 1.62 bits per heavy atom. The van der Waals surface area contributed by atoms with Crippen LogP contribution in [0.1, 0.15) is 33.8 Å². The topological polar surface area (TPSA) is 13.1 Å². The summed E-state index contributed by atoms with van der Waals surface area (Å²) in [5.41, 5.74) is 10.5. The largest absolute Gasteiger partial charge is 0.466 e. The average molecular weight is 334 g/mol. The Bertz CT molecular complexity index is 1160. The minimum atomic E-state index is -0.263. The van der Waals surface area contributed by atoms with E-state index >= 15 is 0 Å². The lowest BCUT2D eigenvalue weighted by atomic mass is 9.70. The Labute approximate surface area is 152 Å². The van der Waals surface area contributed by atoms with Crippen LogP contribution in [0.2, 0.25) is 0 Å². The van der Waals surface area contributed by atoms with E-state index in [2.05, 4.69) is 86.6 Å².